The molecule has 0 saturated heterocycles. The lowest BCUT2D eigenvalue weighted by molar-refractivity contribution is 0.515. The van der Waals surface area contributed by atoms with E-state index in [0.29, 0.717) is 6.04 Å². The monoisotopic (exact) mass is 303 g/mol. The topological polar surface area (TPSA) is 29.9 Å². The van der Waals surface area contributed by atoms with E-state index in [1.165, 1.54) is 29.8 Å². The molecule has 0 aromatic carbocycles. The van der Waals surface area contributed by atoms with Crippen LogP contribution in [0.5, 0.6) is 0 Å². The molecule has 0 spiro atoms. The molecule has 1 aliphatic rings. The van der Waals surface area contributed by atoms with Crippen molar-refractivity contribution in [3.63, 3.8) is 0 Å². The Labute approximate surface area is 131 Å². The van der Waals surface area contributed by atoms with E-state index in [4.69, 9.17) is 0 Å². The highest BCUT2D eigenvalue weighted by molar-refractivity contribution is 7.12. The van der Waals surface area contributed by atoms with E-state index >= 15 is 0 Å². The first-order valence-corrected chi connectivity index (χ1v) is 9.01. The standard InChI is InChI=1S/C17H25N3S/c1-3-9-18-17(14-8-10-19-20(14)11-4-2)16-12-13-6-5-7-15(13)21-16/h8,10,12,17-18H,3-7,9,11H2,1-2H3. The molecular weight excluding hydrogens is 278 g/mol. The van der Waals surface area contributed by atoms with Gasteiger partial charge in [-0.15, -0.1) is 11.3 Å². The van der Waals surface area contributed by atoms with Crippen molar-refractivity contribution in [2.45, 2.75) is 58.5 Å². The fourth-order valence-electron chi connectivity index (χ4n) is 3.12. The molecule has 2 aromatic heterocycles. The fraction of sp³-hybridized carbons (Fsp3) is 0.588. The Morgan fingerprint density at radius 3 is 3.00 bits per heavy atom. The number of fused-ring (bicyclic) bond motifs is 1. The number of nitrogens with one attached hydrogen (secondary N) is 1. The second-order valence-corrected chi connectivity index (χ2v) is 6.99. The summed E-state index contributed by atoms with van der Waals surface area (Å²) in [5.74, 6) is 0. The Kier molecular flexibility index (Phi) is 4.76. The number of nitrogens with zero attached hydrogens (tertiary/aromatic N) is 2. The number of hydrogen-bond donors (Lipinski definition) is 1. The normalized spacial score (nSPS) is 15.3. The maximum Gasteiger partial charge on any atom is 0.0842 e. The molecule has 0 bridgehead atoms. The van der Waals surface area contributed by atoms with Gasteiger partial charge in [-0.05, 0) is 56.3 Å². The maximum atomic E-state index is 4.51. The quantitative estimate of drug-likeness (QED) is 0.840. The predicted octanol–water partition coefficient (Wildman–Crippen LogP) is 3.93. The molecule has 1 aliphatic carbocycles. The van der Waals surface area contributed by atoms with Crippen molar-refractivity contribution < 1.29 is 0 Å². The van der Waals surface area contributed by atoms with Crippen LogP contribution >= 0.6 is 11.3 Å². The zero-order valence-corrected chi connectivity index (χ0v) is 13.9. The van der Waals surface area contributed by atoms with Crippen LogP contribution in [0.15, 0.2) is 18.3 Å². The number of aryl methyl sites for hydroxylation is 3. The summed E-state index contributed by atoms with van der Waals surface area (Å²) >= 11 is 2.00. The number of hydrogen-bond acceptors (Lipinski definition) is 3. The Hall–Kier alpha value is -1.13. The summed E-state index contributed by atoms with van der Waals surface area (Å²) < 4.78 is 2.16. The van der Waals surface area contributed by atoms with Crippen LogP contribution < -0.4 is 5.32 Å². The molecule has 4 heteroatoms. The minimum Gasteiger partial charge on any atom is -0.304 e. The van der Waals surface area contributed by atoms with Crippen molar-refractivity contribution in [3.8, 4) is 0 Å². The van der Waals surface area contributed by atoms with Crippen molar-refractivity contribution in [1.82, 2.24) is 15.1 Å². The molecule has 3 rings (SSSR count). The van der Waals surface area contributed by atoms with Gasteiger partial charge < -0.3 is 5.32 Å². The van der Waals surface area contributed by atoms with E-state index in [9.17, 15) is 0 Å². The van der Waals surface area contributed by atoms with Gasteiger partial charge in [-0.25, -0.2) is 0 Å². The summed E-state index contributed by atoms with van der Waals surface area (Å²) in [4.78, 5) is 3.07. The van der Waals surface area contributed by atoms with E-state index in [1.54, 1.807) is 10.4 Å². The largest absolute Gasteiger partial charge is 0.304 e. The van der Waals surface area contributed by atoms with Crippen LogP contribution in [0.2, 0.25) is 0 Å². The average Bonchev–Trinajstić information content (AvgIpc) is 3.16. The van der Waals surface area contributed by atoms with Crippen LogP contribution in [0.3, 0.4) is 0 Å². The van der Waals surface area contributed by atoms with Gasteiger partial charge in [0.1, 0.15) is 0 Å². The zero-order chi connectivity index (χ0) is 14.7. The summed E-state index contributed by atoms with van der Waals surface area (Å²) in [6.07, 6.45) is 8.09. The molecule has 2 aromatic rings. The second-order valence-electron chi connectivity index (χ2n) is 5.82. The minimum atomic E-state index is 0.301. The van der Waals surface area contributed by atoms with Crippen molar-refractivity contribution in [2.75, 3.05) is 6.54 Å². The van der Waals surface area contributed by atoms with Gasteiger partial charge in [0.05, 0.1) is 11.7 Å². The zero-order valence-electron chi connectivity index (χ0n) is 13.1. The molecule has 0 aliphatic heterocycles. The summed E-state index contributed by atoms with van der Waals surface area (Å²) in [7, 11) is 0. The van der Waals surface area contributed by atoms with Gasteiger partial charge in [0, 0.05) is 22.5 Å². The third kappa shape index (κ3) is 3.06. The van der Waals surface area contributed by atoms with Crippen LogP contribution in [-0.4, -0.2) is 16.3 Å². The Bertz CT molecular complexity index is 563. The van der Waals surface area contributed by atoms with Crippen molar-refractivity contribution >= 4 is 11.3 Å². The molecule has 21 heavy (non-hydrogen) atoms. The summed E-state index contributed by atoms with van der Waals surface area (Å²) in [5, 5.41) is 8.23. The lowest BCUT2D eigenvalue weighted by atomic mass is 10.1. The first-order chi connectivity index (χ1) is 10.3. The van der Waals surface area contributed by atoms with E-state index < -0.39 is 0 Å². The third-order valence-electron chi connectivity index (χ3n) is 4.13. The molecule has 0 fully saturated rings. The van der Waals surface area contributed by atoms with Gasteiger partial charge in [-0.2, -0.15) is 5.10 Å². The Balaban J connectivity index is 1.90. The van der Waals surface area contributed by atoms with Crippen LogP contribution in [0.4, 0.5) is 0 Å². The maximum absolute atomic E-state index is 4.51. The van der Waals surface area contributed by atoms with Crippen LogP contribution in [-0.2, 0) is 19.4 Å². The molecule has 0 amide bonds. The van der Waals surface area contributed by atoms with Crippen LogP contribution in [0.25, 0.3) is 0 Å². The molecule has 0 saturated carbocycles. The minimum absolute atomic E-state index is 0.301. The lowest BCUT2D eigenvalue weighted by Gasteiger charge is -2.19. The van der Waals surface area contributed by atoms with Gasteiger partial charge in [0.2, 0.25) is 0 Å². The van der Waals surface area contributed by atoms with Crippen molar-refractivity contribution in [3.05, 3.63) is 39.3 Å². The molecule has 1 unspecified atom stereocenters. The van der Waals surface area contributed by atoms with Crippen LogP contribution in [0.1, 0.15) is 60.2 Å². The Morgan fingerprint density at radius 2 is 2.24 bits per heavy atom. The predicted molar refractivity (Wildman–Crippen MR) is 89.0 cm³/mol. The smallest absolute Gasteiger partial charge is 0.0842 e. The number of aromatic nitrogens is 2. The molecule has 0 radical (unpaired) electrons. The van der Waals surface area contributed by atoms with Crippen molar-refractivity contribution in [1.29, 1.82) is 0 Å². The van der Waals surface area contributed by atoms with Gasteiger partial charge in [-0.1, -0.05) is 13.8 Å². The molecule has 114 valence electrons. The van der Waals surface area contributed by atoms with E-state index in [0.717, 1.165) is 25.9 Å². The molecule has 2 heterocycles. The van der Waals surface area contributed by atoms with E-state index in [-0.39, 0.29) is 0 Å². The van der Waals surface area contributed by atoms with E-state index in [1.807, 2.05) is 17.5 Å². The summed E-state index contributed by atoms with van der Waals surface area (Å²) in [6, 6.07) is 4.91. The highest BCUT2D eigenvalue weighted by Crippen LogP contribution is 2.36. The SMILES string of the molecule is CCCNC(c1cc2c(s1)CCC2)c1ccnn1CCC. The lowest BCUT2D eigenvalue weighted by Crippen LogP contribution is -2.25. The molecule has 3 nitrogen and oxygen atoms in total. The van der Waals surface area contributed by atoms with Gasteiger partial charge in [0.25, 0.3) is 0 Å². The summed E-state index contributed by atoms with van der Waals surface area (Å²) in [5.41, 5.74) is 2.89. The third-order valence-corrected chi connectivity index (χ3v) is 5.43. The highest BCUT2D eigenvalue weighted by atomic mass is 32.1. The fourth-order valence-corrected chi connectivity index (χ4v) is 4.47. The van der Waals surface area contributed by atoms with Gasteiger partial charge in [-0.3, -0.25) is 4.68 Å². The average molecular weight is 303 g/mol. The van der Waals surface area contributed by atoms with Gasteiger partial charge >= 0.3 is 0 Å². The van der Waals surface area contributed by atoms with Gasteiger partial charge in [0.15, 0.2) is 0 Å². The first-order valence-electron chi connectivity index (χ1n) is 8.20. The Morgan fingerprint density at radius 1 is 1.33 bits per heavy atom. The number of rotatable bonds is 7. The first kappa shape index (κ1) is 14.8. The highest BCUT2D eigenvalue weighted by Gasteiger charge is 2.23. The summed E-state index contributed by atoms with van der Waals surface area (Å²) in [6.45, 7) is 6.48. The second kappa shape index (κ2) is 6.75. The molecular formula is C17H25N3S. The van der Waals surface area contributed by atoms with Crippen molar-refractivity contribution in [2.24, 2.45) is 0 Å². The van der Waals surface area contributed by atoms with E-state index in [2.05, 4.69) is 41.1 Å². The number of thiophene rings is 1. The molecule has 1 N–H and O–H groups in total. The van der Waals surface area contributed by atoms with Crippen LogP contribution in [0, 0.1) is 0 Å². The molecule has 1 atom stereocenters.